The smallest absolute Gasteiger partial charge is 0.145 e. The summed E-state index contributed by atoms with van der Waals surface area (Å²) in [7, 11) is 0. The number of pyridine rings is 1. The van der Waals surface area contributed by atoms with Crippen molar-refractivity contribution < 1.29 is 4.74 Å². The molecule has 2 unspecified atom stereocenters. The van der Waals surface area contributed by atoms with Crippen molar-refractivity contribution in [3.63, 3.8) is 0 Å². The predicted octanol–water partition coefficient (Wildman–Crippen LogP) is 9.10. The number of hydrogen-bond donors (Lipinski definition) is 0. The molecule has 0 fully saturated rings. The normalized spacial score (nSPS) is 13.3. The fraction of sp³-hybridized carbons (Fsp3) is 0.621. The molecule has 0 bridgehead atoms. The third kappa shape index (κ3) is 9.94. The van der Waals surface area contributed by atoms with E-state index in [2.05, 4.69) is 45.9 Å². The van der Waals surface area contributed by atoms with E-state index < -0.39 is 0 Å². The van der Waals surface area contributed by atoms with E-state index in [1.807, 2.05) is 24.4 Å². The summed E-state index contributed by atoms with van der Waals surface area (Å²) in [5.74, 6) is 2.05. The quantitative estimate of drug-likeness (QED) is 0.185. The average molecular weight is 458 g/mol. The van der Waals surface area contributed by atoms with E-state index in [4.69, 9.17) is 21.3 Å². The second-order valence-electron chi connectivity index (χ2n) is 9.70. The Hall–Kier alpha value is -1.54. The van der Waals surface area contributed by atoms with Crippen LogP contribution in [0.1, 0.15) is 91.0 Å². The largest absolute Gasteiger partial charge is 0.490 e. The van der Waals surface area contributed by atoms with Gasteiger partial charge in [-0.1, -0.05) is 103 Å². The van der Waals surface area contributed by atoms with Gasteiger partial charge in [0, 0.05) is 11.8 Å². The van der Waals surface area contributed by atoms with E-state index in [0.29, 0.717) is 12.5 Å². The molecule has 0 radical (unpaired) electrons. The fourth-order valence-corrected chi connectivity index (χ4v) is 4.21. The zero-order chi connectivity index (χ0) is 23.2. The van der Waals surface area contributed by atoms with E-state index in [9.17, 15) is 0 Å². The second-order valence-corrected chi connectivity index (χ2v) is 10.3. The zero-order valence-electron chi connectivity index (χ0n) is 20.8. The van der Waals surface area contributed by atoms with Crippen LogP contribution in [0.5, 0.6) is 5.75 Å². The van der Waals surface area contributed by atoms with Crippen LogP contribution >= 0.6 is 11.6 Å². The van der Waals surface area contributed by atoms with Crippen LogP contribution in [0.2, 0.25) is 0 Å². The van der Waals surface area contributed by atoms with Gasteiger partial charge in [0.05, 0.1) is 5.38 Å². The van der Waals surface area contributed by atoms with Gasteiger partial charge in [-0.3, -0.25) is 4.98 Å². The van der Waals surface area contributed by atoms with Gasteiger partial charge in [-0.2, -0.15) is 0 Å². The Balaban J connectivity index is 1.99. The lowest BCUT2D eigenvalue weighted by Crippen LogP contribution is -2.20. The second kappa shape index (κ2) is 15.3. The number of halogens is 1. The van der Waals surface area contributed by atoms with Crippen LogP contribution in [-0.4, -0.2) is 17.0 Å². The Morgan fingerprint density at radius 2 is 1.62 bits per heavy atom. The number of unbranched alkanes of at least 4 members (excludes halogenated alkanes) is 5. The number of rotatable bonds is 16. The summed E-state index contributed by atoms with van der Waals surface area (Å²) in [5.41, 5.74) is 3.25. The van der Waals surface area contributed by atoms with Gasteiger partial charge in [0.25, 0.3) is 0 Å². The summed E-state index contributed by atoms with van der Waals surface area (Å²) in [5, 5.41) is 0.00741. The standard InChI is InChI=1S/C29H44ClNO/c1-5-6-7-8-9-11-17-25-20-28(29(31-21-25)26-18-12-10-13-19-26)32-22-27(30)24(4)16-14-15-23(2)3/h10,12-13,18-21,23-24,27H,5-9,11,14-17,22H2,1-4H3. The lowest BCUT2D eigenvalue weighted by molar-refractivity contribution is 0.280. The van der Waals surface area contributed by atoms with Crippen LogP contribution in [0.15, 0.2) is 42.6 Å². The third-order valence-electron chi connectivity index (χ3n) is 6.23. The van der Waals surface area contributed by atoms with Crippen molar-refractivity contribution in [2.45, 2.75) is 97.3 Å². The first-order chi connectivity index (χ1) is 15.5. The van der Waals surface area contributed by atoms with Gasteiger partial charge in [-0.05, 0) is 42.7 Å². The maximum atomic E-state index is 6.73. The van der Waals surface area contributed by atoms with Crippen LogP contribution in [0.3, 0.4) is 0 Å². The van der Waals surface area contributed by atoms with E-state index in [-0.39, 0.29) is 5.38 Å². The van der Waals surface area contributed by atoms with E-state index >= 15 is 0 Å². The number of hydrogen-bond acceptors (Lipinski definition) is 2. The minimum atomic E-state index is 0.00741. The molecular weight excluding hydrogens is 414 g/mol. The Labute approximate surface area is 202 Å². The van der Waals surface area contributed by atoms with Crippen LogP contribution in [0.4, 0.5) is 0 Å². The van der Waals surface area contributed by atoms with Crippen LogP contribution in [-0.2, 0) is 6.42 Å². The van der Waals surface area contributed by atoms with E-state index in [0.717, 1.165) is 35.8 Å². The molecule has 0 aliphatic carbocycles. The van der Waals surface area contributed by atoms with E-state index in [1.54, 1.807) is 0 Å². The zero-order valence-corrected chi connectivity index (χ0v) is 21.5. The maximum Gasteiger partial charge on any atom is 0.145 e. The van der Waals surface area contributed by atoms with Crippen LogP contribution < -0.4 is 4.74 Å². The highest BCUT2D eigenvalue weighted by molar-refractivity contribution is 6.20. The number of benzene rings is 1. The third-order valence-corrected chi connectivity index (χ3v) is 6.79. The van der Waals surface area contributed by atoms with Crippen LogP contribution in [0.25, 0.3) is 11.3 Å². The van der Waals surface area contributed by atoms with Crippen molar-refractivity contribution in [1.29, 1.82) is 0 Å². The van der Waals surface area contributed by atoms with Crippen LogP contribution in [0, 0.1) is 11.8 Å². The number of ether oxygens (including phenoxy) is 1. The van der Waals surface area contributed by atoms with Crippen molar-refractivity contribution in [1.82, 2.24) is 4.98 Å². The summed E-state index contributed by atoms with van der Waals surface area (Å²) in [4.78, 5) is 4.80. The van der Waals surface area contributed by atoms with Gasteiger partial charge in [-0.15, -0.1) is 11.6 Å². The molecule has 0 aliphatic heterocycles. The minimum Gasteiger partial charge on any atom is -0.490 e. The molecule has 2 nitrogen and oxygen atoms in total. The van der Waals surface area contributed by atoms with Gasteiger partial charge in [0.2, 0.25) is 0 Å². The van der Waals surface area contributed by atoms with Gasteiger partial charge in [0.15, 0.2) is 0 Å². The molecule has 1 heterocycles. The summed E-state index contributed by atoms with van der Waals surface area (Å²) >= 11 is 6.73. The van der Waals surface area contributed by atoms with Crippen molar-refractivity contribution in [2.24, 2.45) is 11.8 Å². The molecule has 2 atom stereocenters. The van der Waals surface area contributed by atoms with Crippen molar-refractivity contribution in [3.8, 4) is 17.0 Å². The fourth-order valence-electron chi connectivity index (χ4n) is 4.02. The molecule has 0 amide bonds. The summed E-state index contributed by atoms with van der Waals surface area (Å²) in [6.07, 6.45) is 14.5. The Morgan fingerprint density at radius 1 is 0.906 bits per heavy atom. The van der Waals surface area contributed by atoms with E-state index in [1.165, 1.54) is 56.9 Å². The van der Waals surface area contributed by atoms with Gasteiger partial charge < -0.3 is 4.74 Å². The molecule has 3 heteroatoms. The molecule has 0 aliphatic rings. The lowest BCUT2D eigenvalue weighted by atomic mass is 9.97. The molecule has 32 heavy (non-hydrogen) atoms. The highest BCUT2D eigenvalue weighted by Crippen LogP contribution is 2.30. The SMILES string of the molecule is CCCCCCCCc1cnc(-c2ccccc2)c(OCC(Cl)C(C)CCCC(C)C)c1. The minimum absolute atomic E-state index is 0.00741. The predicted molar refractivity (Wildman–Crippen MR) is 140 cm³/mol. The first-order valence-electron chi connectivity index (χ1n) is 12.8. The molecule has 1 aromatic heterocycles. The first-order valence-corrected chi connectivity index (χ1v) is 13.3. The molecule has 2 aromatic rings. The summed E-state index contributed by atoms with van der Waals surface area (Å²) in [6.45, 7) is 9.59. The number of alkyl halides is 1. The van der Waals surface area contributed by atoms with Gasteiger partial charge >= 0.3 is 0 Å². The molecule has 0 saturated heterocycles. The summed E-state index contributed by atoms with van der Waals surface area (Å²) in [6, 6.07) is 12.5. The molecule has 0 saturated carbocycles. The Bertz CT molecular complexity index is 746. The van der Waals surface area contributed by atoms with Crippen molar-refractivity contribution in [3.05, 3.63) is 48.2 Å². The van der Waals surface area contributed by atoms with Crippen molar-refractivity contribution in [2.75, 3.05) is 6.61 Å². The lowest BCUT2D eigenvalue weighted by Gasteiger charge is -2.20. The number of aromatic nitrogens is 1. The Kier molecular flexibility index (Phi) is 12.8. The highest BCUT2D eigenvalue weighted by atomic mass is 35.5. The summed E-state index contributed by atoms with van der Waals surface area (Å²) < 4.78 is 6.31. The number of aryl methyl sites for hydroxylation is 1. The molecule has 178 valence electrons. The monoisotopic (exact) mass is 457 g/mol. The highest BCUT2D eigenvalue weighted by Gasteiger charge is 2.17. The number of nitrogens with zero attached hydrogens (tertiary/aromatic N) is 1. The molecule has 0 N–H and O–H groups in total. The van der Waals surface area contributed by atoms with Gasteiger partial charge in [-0.25, -0.2) is 0 Å². The molecular formula is C29H44ClNO. The average Bonchev–Trinajstić information content (AvgIpc) is 2.80. The Morgan fingerprint density at radius 3 is 2.34 bits per heavy atom. The topological polar surface area (TPSA) is 22.1 Å². The van der Waals surface area contributed by atoms with Crippen molar-refractivity contribution >= 4 is 11.6 Å². The molecule has 1 aromatic carbocycles. The van der Waals surface area contributed by atoms with Gasteiger partial charge in [0.1, 0.15) is 18.1 Å². The maximum absolute atomic E-state index is 6.73. The first kappa shape index (κ1) is 26.7. The molecule has 0 spiro atoms. The molecule has 2 rings (SSSR count).